The molecule has 4 aromatic rings. The smallest absolute Gasteiger partial charge is 0.321 e. The van der Waals surface area contributed by atoms with Crippen molar-refractivity contribution in [1.82, 2.24) is 20.2 Å². The monoisotopic (exact) mass is 462 g/mol. The summed E-state index contributed by atoms with van der Waals surface area (Å²) in [6.07, 6.45) is 0. The summed E-state index contributed by atoms with van der Waals surface area (Å²) in [6.45, 7) is 0.281. The fraction of sp³-hybridized carbons (Fsp3) is 0.0833. The third-order valence-electron chi connectivity index (χ3n) is 4.71. The number of imide groups is 1. The third kappa shape index (κ3) is 5.45. The summed E-state index contributed by atoms with van der Waals surface area (Å²) in [7, 11) is 0. The van der Waals surface area contributed by atoms with Gasteiger partial charge >= 0.3 is 6.03 Å². The van der Waals surface area contributed by atoms with Crippen LogP contribution in [-0.2, 0) is 11.3 Å². The molecule has 0 radical (unpaired) electrons. The molecule has 0 aliphatic heterocycles. The Morgan fingerprint density at radius 3 is 2.39 bits per heavy atom. The molecule has 0 saturated carbocycles. The maximum Gasteiger partial charge on any atom is 0.321 e. The van der Waals surface area contributed by atoms with Gasteiger partial charge in [0.1, 0.15) is 5.82 Å². The van der Waals surface area contributed by atoms with Crippen LogP contribution in [0.1, 0.15) is 5.56 Å². The topological polar surface area (TPSA) is 93.1 Å². The number of urea groups is 1. The number of fused-ring (bicyclic) bond motifs is 1. The normalized spacial score (nSPS) is 10.7. The van der Waals surface area contributed by atoms with Gasteiger partial charge < -0.3 is 5.32 Å². The second-order valence-electron chi connectivity index (χ2n) is 7.03. The van der Waals surface area contributed by atoms with Crippen molar-refractivity contribution in [2.24, 2.45) is 0 Å². The lowest BCUT2D eigenvalue weighted by Crippen LogP contribution is -2.40. The third-order valence-corrected chi connectivity index (χ3v) is 5.65. The van der Waals surface area contributed by atoms with Crippen LogP contribution in [0.5, 0.6) is 0 Å². The fourth-order valence-electron chi connectivity index (χ4n) is 3.14. The highest BCUT2D eigenvalue weighted by atomic mass is 32.2. The number of carbonyl (C=O) groups is 2. The summed E-state index contributed by atoms with van der Waals surface area (Å²) in [5, 5.41) is 5.54. The Bertz CT molecular complexity index is 1360. The van der Waals surface area contributed by atoms with E-state index in [9.17, 15) is 18.8 Å². The Hall–Kier alpha value is -3.98. The summed E-state index contributed by atoms with van der Waals surface area (Å²) in [5.74, 6) is -1.13. The van der Waals surface area contributed by atoms with Crippen molar-refractivity contribution in [3.8, 4) is 5.69 Å². The van der Waals surface area contributed by atoms with Crippen LogP contribution in [0.4, 0.5) is 9.18 Å². The molecule has 0 atom stereocenters. The quantitative estimate of drug-likeness (QED) is 0.337. The molecule has 4 rings (SSSR count). The minimum Gasteiger partial charge on any atom is -0.334 e. The molecule has 0 aliphatic rings. The molecule has 0 aliphatic carbocycles. The number of aromatic nitrogens is 2. The molecular formula is C24H19FN4O3S. The molecule has 2 N–H and O–H groups in total. The first kappa shape index (κ1) is 22.2. The molecule has 9 heteroatoms. The Kier molecular flexibility index (Phi) is 6.80. The van der Waals surface area contributed by atoms with Crippen molar-refractivity contribution in [2.75, 3.05) is 5.75 Å². The van der Waals surface area contributed by atoms with E-state index < -0.39 is 17.8 Å². The lowest BCUT2D eigenvalue weighted by Gasteiger charge is -2.13. The lowest BCUT2D eigenvalue weighted by atomic mass is 10.2. The lowest BCUT2D eigenvalue weighted by molar-refractivity contribution is -0.117. The molecular weight excluding hydrogens is 443 g/mol. The average Bonchev–Trinajstić information content (AvgIpc) is 2.83. The number of para-hydroxylation sites is 1. The number of nitrogens with zero attached hydrogens (tertiary/aromatic N) is 2. The minimum absolute atomic E-state index is 0.148. The highest BCUT2D eigenvalue weighted by Crippen LogP contribution is 2.21. The summed E-state index contributed by atoms with van der Waals surface area (Å²) in [6, 6.07) is 21.0. The highest BCUT2D eigenvalue weighted by molar-refractivity contribution is 7.99. The van der Waals surface area contributed by atoms with E-state index in [0.717, 1.165) is 17.3 Å². The Morgan fingerprint density at radius 2 is 1.64 bits per heavy atom. The Balaban J connectivity index is 1.50. The summed E-state index contributed by atoms with van der Waals surface area (Å²) in [4.78, 5) is 42.0. The fourth-order valence-corrected chi connectivity index (χ4v) is 3.95. The molecule has 0 bridgehead atoms. The van der Waals surface area contributed by atoms with Crippen molar-refractivity contribution >= 4 is 34.6 Å². The van der Waals surface area contributed by atoms with Gasteiger partial charge in [-0.15, -0.1) is 0 Å². The molecule has 0 fully saturated rings. The second-order valence-corrected chi connectivity index (χ2v) is 7.98. The van der Waals surface area contributed by atoms with E-state index in [1.54, 1.807) is 24.3 Å². The van der Waals surface area contributed by atoms with Gasteiger partial charge in [0.25, 0.3) is 5.56 Å². The molecule has 7 nitrogen and oxygen atoms in total. The Morgan fingerprint density at radius 1 is 0.939 bits per heavy atom. The van der Waals surface area contributed by atoms with Gasteiger partial charge in [-0.1, -0.05) is 54.2 Å². The van der Waals surface area contributed by atoms with Gasteiger partial charge in [-0.3, -0.25) is 19.5 Å². The number of carbonyl (C=O) groups excluding carboxylic acids is 2. The number of nitrogens with one attached hydrogen (secondary N) is 2. The summed E-state index contributed by atoms with van der Waals surface area (Å²) >= 11 is 1.01. The van der Waals surface area contributed by atoms with Gasteiger partial charge in [-0.05, 0) is 42.0 Å². The molecule has 0 spiro atoms. The number of hydrogen-bond donors (Lipinski definition) is 2. The molecule has 0 saturated heterocycles. The predicted octanol–water partition coefficient (Wildman–Crippen LogP) is 3.64. The summed E-state index contributed by atoms with van der Waals surface area (Å²) < 4.78 is 14.7. The summed E-state index contributed by atoms with van der Waals surface area (Å²) in [5.41, 5.74) is 1.46. The van der Waals surface area contributed by atoms with Crippen molar-refractivity contribution in [3.05, 3.63) is 101 Å². The second kappa shape index (κ2) is 10.1. The molecule has 0 unspecified atom stereocenters. The SMILES string of the molecule is O=C(CSc1nc2ccccc2c(=O)n1-c1ccc(F)cc1)NC(=O)NCc1ccccc1. The zero-order valence-electron chi connectivity index (χ0n) is 17.3. The molecule has 3 aromatic carbocycles. The van der Waals surface area contributed by atoms with Gasteiger partial charge in [0, 0.05) is 6.54 Å². The van der Waals surface area contributed by atoms with E-state index in [4.69, 9.17) is 0 Å². The number of rotatable bonds is 6. The van der Waals surface area contributed by atoms with Crippen molar-refractivity contribution < 1.29 is 14.0 Å². The van der Waals surface area contributed by atoms with Gasteiger partial charge in [0.15, 0.2) is 5.16 Å². The average molecular weight is 463 g/mol. The molecule has 1 heterocycles. The maximum atomic E-state index is 13.4. The molecule has 1 aromatic heterocycles. The molecule has 3 amide bonds. The number of amides is 3. The van der Waals surface area contributed by atoms with Crippen LogP contribution in [-0.4, -0.2) is 27.2 Å². The van der Waals surface area contributed by atoms with Crippen LogP contribution in [0.25, 0.3) is 16.6 Å². The van der Waals surface area contributed by atoms with E-state index in [1.165, 1.54) is 28.8 Å². The first-order valence-electron chi connectivity index (χ1n) is 10.0. The van der Waals surface area contributed by atoms with Crippen LogP contribution in [0.15, 0.2) is 88.8 Å². The molecule has 166 valence electrons. The first-order chi connectivity index (χ1) is 16.0. The molecule has 33 heavy (non-hydrogen) atoms. The van der Waals surface area contributed by atoms with Gasteiger partial charge in [0.05, 0.1) is 22.3 Å². The minimum atomic E-state index is -0.619. The van der Waals surface area contributed by atoms with Crippen molar-refractivity contribution in [1.29, 1.82) is 0 Å². The van der Waals surface area contributed by atoms with Crippen LogP contribution in [0, 0.1) is 5.82 Å². The number of thioether (sulfide) groups is 1. The van der Waals surface area contributed by atoms with E-state index in [2.05, 4.69) is 15.6 Å². The largest absolute Gasteiger partial charge is 0.334 e. The van der Waals surface area contributed by atoms with Gasteiger partial charge in [0.2, 0.25) is 5.91 Å². The predicted molar refractivity (Wildman–Crippen MR) is 125 cm³/mol. The van der Waals surface area contributed by atoms with E-state index >= 15 is 0 Å². The van der Waals surface area contributed by atoms with E-state index in [1.807, 2.05) is 30.3 Å². The van der Waals surface area contributed by atoms with Crippen LogP contribution in [0.3, 0.4) is 0 Å². The van der Waals surface area contributed by atoms with E-state index in [-0.39, 0.29) is 23.0 Å². The zero-order valence-corrected chi connectivity index (χ0v) is 18.1. The van der Waals surface area contributed by atoms with Crippen LogP contribution < -0.4 is 16.2 Å². The number of hydrogen-bond acceptors (Lipinski definition) is 5. The maximum absolute atomic E-state index is 13.4. The standard InChI is InChI=1S/C24H19FN4O3S/c25-17-10-12-18(13-11-17)29-22(31)19-8-4-5-9-20(19)27-24(29)33-15-21(30)28-23(32)26-14-16-6-2-1-3-7-16/h1-13H,14-15H2,(H2,26,28,30,32). The van der Waals surface area contributed by atoms with Crippen LogP contribution in [0.2, 0.25) is 0 Å². The Labute approximate surface area is 192 Å². The van der Waals surface area contributed by atoms with Crippen molar-refractivity contribution in [3.63, 3.8) is 0 Å². The number of halogens is 1. The van der Waals surface area contributed by atoms with Crippen molar-refractivity contribution in [2.45, 2.75) is 11.7 Å². The van der Waals surface area contributed by atoms with Gasteiger partial charge in [-0.2, -0.15) is 0 Å². The van der Waals surface area contributed by atoms with Gasteiger partial charge in [-0.25, -0.2) is 14.2 Å². The highest BCUT2D eigenvalue weighted by Gasteiger charge is 2.16. The van der Waals surface area contributed by atoms with Crippen LogP contribution >= 0.6 is 11.8 Å². The number of benzene rings is 3. The zero-order chi connectivity index (χ0) is 23.2. The first-order valence-corrected chi connectivity index (χ1v) is 11.0. The van der Waals surface area contributed by atoms with E-state index in [0.29, 0.717) is 16.6 Å².